The zero-order valence-electron chi connectivity index (χ0n) is 7.06. The SMILES string of the molecule is CNC(C)c1cc(Br)n(C)c1. The van der Waals surface area contributed by atoms with Gasteiger partial charge in [0.25, 0.3) is 0 Å². The summed E-state index contributed by atoms with van der Waals surface area (Å²) in [5, 5.41) is 3.19. The van der Waals surface area contributed by atoms with Crippen molar-refractivity contribution in [1.82, 2.24) is 9.88 Å². The average molecular weight is 217 g/mol. The molecule has 1 N–H and O–H groups in total. The Labute approximate surface area is 75.7 Å². The second kappa shape index (κ2) is 3.41. The Morgan fingerprint density at radius 1 is 1.64 bits per heavy atom. The Hall–Kier alpha value is -0.280. The number of aryl methyl sites for hydroxylation is 1. The van der Waals surface area contributed by atoms with Crippen LogP contribution in [0.2, 0.25) is 0 Å². The summed E-state index contributed by atoms with van der Waals surface area (Å²) >= 11 is 3.45. The molecule has 3 heteroatoms. The van der Waals surface area contributed by atoms with E-state index in [-0.39, 0.29) is 0 Å². The fourth-order valence-electron chi connectivity index (χ4n) is 0.965. The third-order valence-corrected chi connectivity index (χ3v) is 2.69. The van der Waals surface area contributed by atoms with Gasteiger partial charge in [-0.1, -0.05) is 0 Å². The minimum absolute atomic E-state index is 0.424. The van der Waals surface area contributed by atoms with Crippen molar-refractivity contribution in [1.29, 1.82) is 0 Å². The van der Waals surface area contributed by atoms with Crippen molar-refractivity contribution < 1.29 is 0 Å². The Bertz CT molecular complexity index is 223. The van der Waals surface area contributed by atoms with Crippen molar-refractivity contribution in [2.24, 2.45) is 7.05 Å². The fourth-order valence-corrected chi connectivity index (χ4v) is 1.33. The predicted octanol–water partition coefficient (Wildman–Crippen LogP) is 2.07. The van der Waals surface area contributed by atoms with Crippen LogP contribution in [0.15, 0.2) is 16.9 Å². The molecule has 0 aliphatic rings. The van der Waals surface area contributed by atoms with Crippen molar-refractivity contribution in [3.05, 3.63) is 22.4 Å². The maximum Gasteiger partial charge on any atom is 0.0847 e. The molecule has 0 bridgehead atoms. The highest BCUT2D eigenvalue weighted by Crippen LogP contribution is 2.18. The summed E-state index contributed by atoms with van der Waals surface area (Å²) in [6, 6.07) is 2.55. The monoisotopic (exact) mass is 216 g/mol. The Balaban J connectivity index is 2.88. The zero-order chi connectivity index (χ0) is 8.43. The van der Waals surface area contributed by atoms with Gasteiger partial charge in [-0.15, -0.1) is 0 Å². The van der Waals surface area contributed by atoms with Gasteiger partial charge in [-0.3, -0.25) is 0 Å². The number of hydrogen-bond donors (Lipinski definition) is 1. The van der Waals surface area contributed by atoms with Gasteiger partial charge < -0.3 is 9.88 Å². The van der Waals surface area contributed by atoms with E-state index in [0.717, 1.165) is 4.60 Å². The largest absolute Gasteiger partial charge is 0.345 e. The molecule has 0 aliphatic carbocycles. The van der Waals surface area contributed by atoms with E-state index < -0.39 is 0 Å². The fraction of sp³-hybridized carbons (Fsp3) is 0.500. The smallest absolute Gasteiger partial charge is 0.0847 e. The van der Waals surface area contributed by atoms with Crippen LogP contribution in [0.25, 0.3) is 0 Å². The first-order valence-corrected chi connectivity index (χ1v) is 4.43. The van der Waals surface area contributed by atoms with E-state index >= 15 is 0 Å². The lowest BCUT2D eigenvalue weighted by molar-refractivity contribution is 0.651. The van der Waals surface area contributed by atoms with Gasteiger partial charge in [0.1, 0.15) is 0 Å². The molecule has 2 nitrogen and oxygen atoms in total. The van der Waals surface area contributed by atoms with Gasteiger partial charge >= 0.3 is 0 Å². The quantitative estimate of drug-likeness (QED) is 0.802. The van der Waals surface area contributed by atoms with Crippen LogP contribution in [-0.4, -0.2) is 11.6 Å². The average Bonchev–Trinajstić information content (AvgIpc) is 2.31. The Kier molecular flexibility index (Phi) is 2.73. The molecule has 0 saturated heterocycles. The lowest BCUT2D eigenvalue weighted by Crippen LogP contribution is -2.11. The molecule has 1 aromatic rings. The van der Waals surface area contributed by atoms with Crippen LogP contribution in [0, 0.1) is 0 Å². The summed E-state index contributed by atoms with van der Waals surface area (Å²) in [5.74, 6) is 0. The van der Waals surface area contributed by atoms with Crippen LogP contribution in [0.3, 0.4) is 0 Å². The molecule has 0 radical (unpaired) electrons. The van der Waals surface area contributed by atoms with Crippen molar-refractivity contribution in [3.63, 3.8) is 0 Å². The third-order valence-electron chi connectivity index (χ3n) is 1.90. The standard InChI is InChI=1S/C8H13BrN2/c1-6(10-2)7-4-8(9)11(3)5-7/h4-6,10H,1-3H3. The molecule has 1 aromatic heterocycles. The minimum atomic E-state index is 0.424. The van der Waals surface area contributed by atoms with E-state index in [1.165, 1.54) is 5.56 Å². The molecule has 0 saturated carbocycles. The number of aromatic nitrogens is 1. The van der Waals surface area contributed by atoms with Crippen molar-refractivity contribution in [3.8, 4) is 0 Å². The highest BCUT2D eigenvalue weighted by molar-refractivity contribution is 9.10. The summed E-state index contributed by atoms with van der Waals surface area (Å²) in [7, 11) is 3.99. The molecule has 0 spiro atoms. The highest BCUT2D eigenvalue weighted by Gasteiger charge is 2.05. The lowest BCUT2D eigenvalue weighted by atomic mass is 10.2. The van der Waals surface area contributed by atoms with E-state index in [4.69, 9.17) is 0 Å². The van der Waals surface area contributed by atoms with Crippen LogP contribution in [0.1, 0.15) is 18.5 Å². The minimum Gasteiger partial charge on any atom is -0.345 e. The molecular formula is C8H13BrN2. The Morgan fingerprint density at radius 3 is 2.64 bits per heavy atom. The summed E-state index contributed by atoms with van der Waals surface area (Å²) in [5.41, 5.74) is 1.31. The second-order valence-corrected chi connectivity index (χ2v) is 3.53. The van der Waals surface area contributed by atoms with Gasteiger partial charge in [0, 0.05) is 19.3 Å². The molecule has 0 aliphatic heterocycles. The van der Waals surface area contributed by atoms with E-state index in [9.17, 15) is 0 Å². The molecule has 1 atom stereocenters. The first-order valence-electron chi connectivity index (χ1n) is 3.64. The molecule has 1 heterocycles. The van der Waals surface area contributed by atoms with Crippen molar-refractivity contribution >= 4 is 15.9 Å². The number of nitrogens with one attached hydrogen (secondary N) is 1. The zero-order valence-corrected chi connectivity index (χ0v) is 8.64. The molecule has 0 fully saturated rings. The molecule has 0 aromatic carbocycles. The van der Waals surface area contributed by atoms with Crippen LogP contribution in [0.4, 0.5) is 0 Å². The van der Waals surface area contributed by atoms with E-state index in [2.05, 4.69) is 45.0 Å². The molecule has 0 amide bonds. The van der Waals surface area contributed by atoms with Gasteiger partial charge in [-0.2, -0.15) is 0 Å². The highest BCUT2D eigenvalue weighted by atomic mass is 79.9. The summed E-state index contributed by atoms with van der Waals surface area (Å²) < 4.78 is 3.18. The summed E-state index contributed by atoms with van der Waals surface area (Å²) in [6.45, 7) is 2.14. The number of rotatable bonds is 2. The van der Waals surface area contributed by atoms with Gasteiger partial charge in [0.2, 0.25) is 0 Å². The lowest BCUT2D eigenvalue weighted by Gasteiger charge is -2.05. The first kappa shape index (κ1) is 8.81. The van der Waals surface area contributed by atoms with E-state index in [0.29, 0.717) is 6.04 Å². The number of halogens is 1. The van der Waals surface area contributed by atoms with E-state index in [1.807, 2.05) is 14.1 Å². The third kappa shape index (κ3) is 1.84. The topological polar surface area (TPSA) is 17.0 Å². The number of hydrogen-bond acceptors (Lipinski definition) is 1. The van der Waals surface area contributed by atoms with Gasteiger partial charge in [-0.25, -0.2) is 0 Å². The molecule has 1 rings (SSSR count). The second-order valence-electron chi connectivity index (χ2n) is 2.72. The number of nitrogens with zero attached hydrogens (tertiary/aromatic N) is 1. The maximum atomic E-state index is 3.45. The van der Waals surface area contributed by atoms with Crippen molar-refractivity contribution in [2.75, 3.05) is 7.05 Å². The van der Waals surface area contributed by atoms with Gasteiger partial charge in [-0.05, 0) is 41.5 Å². The van der Waals surface area contributed by atoms with E-state index in [1.54, 1.807) is 0 Å². The van der Waals surface area contributed by atoms with Crippen LogP contribution in [-0.2, 0) is 7.05 Å². The van der Waals surface area contributed by atoms with Crippen LogP contribution < -0.4 is 5.32 Å². The molecule has 1 unspecified atom stereocenters. The molecule has 11 heavy (non-hydrogen) atoms. The molecular weight excluding hydrogens is 204 g/mol. The van der Waals surface area contributed by atoms with Gasteiger partial charge in [0.05, 0.1) is 4.60 Å². The Morgan fingerprint density at radius 2 is 2.27 bits per heavy atom. The first-order chi connectivity index (χ1) is 5.15. The normalized spacial score (nSPS) is 13.5. The van der Waals surface area contributed by atoms with Gasteiger partial charge in [0.15, 0.2) is 0 Å². The molecule has 62 valence electrons. The van der Waals surface area contributed by atoms with Crippen molar-refractivity contribution in [2.45, 2.75) is 13.0 Å². The maximum absolute atomic E-state index is 3.45. The summed E-state index contributed by atoms with van der Waals surface area (Å²) in [6.07, 6.45) is 2.12. The predicted molar refractivity (Wildman–Crippen MR) is 50.6 cm³/mol. The van der Waals surface area contributed by atoms with Crippen LogP contribution in [0.5, 0.6) is 0 Å². The summed E-state index contributed by atoms with van der Waals surface area (Å²) in [4.78, 5) is 0. The van der Waals surface area contributed by atoms with Crippen LogP contribution >= 0.6 is 15.9 Å².